The average molecular weight is 255 g/mol. The van der Waals surface area contributed by atoms with Crippen molar-refractivity contribution in [2.75, 3.05) is 0 Å². The van der Waals surface area contributed by atoms with E-state index in [-0.39, 0.29) is 36.0 Å². The summed E-state index contributed by atoms with van der Waals surface area (Å²) in [6.45, 7) is 1.61. The molecule has 0 radical (unpaired) electrons. The predicted octanol–water partition coefficient (Wildman–Crippen LogP) is 1.19. The summed E-state index contributed by atoms with van der Waals surface area (Å²) in [6, 6.07) is -0.0113. The van der Waals surface area contributed by atoms with Crippen LogP contribution in [-0.2, 0) is 14.4 Å². The van der Waals surface area contributed by atoms with Crippen LogP contribution in [0.3, 0.4) is 0 Å². The molecule has 4 nitrogen and oxygen atoms in total. The van der Waals surface area contributed by atoms with Gasteiger partial charge in [-0.2, -0.15) is 12.6 Å². The Morgan fingerprint density at radius 3 is 2.24 bits per heavy atom. The molecular formula is C12H17NO3S. The van der Waals surface area contributed by atoms with Crippen molar-refractivity contribution in [3.05, 3.63) is 0 Å². The molecule has 0 aromatic rings. The maximum atomic E-state index is 11.8. The van der Waals surface area contributed by atoms with E-state index in [2.05, 4.69) is 12.6 Å². The van der Waals surface area contributed by atoms with Crippen molar-refractivity contribution in [2.24, 2.45) is 5.92 Å². The fourth-order valence-electron chi connectivity index (χ4n) is 2.76. The summed E-state index contributed by atoms with van der Waals surface area (Å²) in [6.07, 6.45) is 3.29. The molecule has 1 unspecified atom stereocenters. The molecule has 1 saturated heterocycles. The lowest BCUT2D eigenvalue weighted by molar-refractivity contribution is -0.141. The van der Waals surface area contributed by atoms with Gasteiger partial charge in [0, 0.05) is 18.4 Å². The topological polar surface area (TPSA) is 54.5 Å². The predicted molar refractivity (Wildman–Crippen MR) is 65.7 cm³/mol. The summed E-state index contributed by atoms with van der Waals surface area (Å²) >= 11 is 4.11. The Kier molecular flexibility index (Phi) is 3.56. The van der Waals surface area contributed by atoms with Crippen LogP contribution in [0.4, 0.5) is 0 Å². The van der Waals surface area contributed by atoms with Gasteiger partial charge in [-0.25, -0.2) is 0 Å². The highest BCUT2D eigenvalue weighted by Crippen LogP contribution is 2.31. The molecule has 1 saturated carbocycles. The fourth-order valence-corrected chi connectivity index (χ4v) is 3.04. The number of hydrogen-bond acceptors (Lipinski definition) is 4. The molecule has 1 heterocycles. The van der Waals surface area contributed by atoms with Gasteiger partial charge in [0.05, 0.1) is 5.25 Å². The Labute approximate surface area is 106 Å². The van der Waals surface area contributed by atoms with Gasteiger partial charge in [-0.05, 0) is 32.6 Å². The van der Waals surface area contributed by atoms with Gasteiger partial charge in [0.1, 0.15) is 5.78 Å². The lowest BCUT2D eigenvalue weighted by Crippen LogP contribution is -2.43. The molecule has 0 bridgehead atoms. The minimum absolute atomic E-state index is 0.0113. The normalized spacial score (nSPS) is 34.2. The Bertz CT molecular complexity index is 361. The van der Waals surface area contributed by atoms with Crippen molar-refractivity contribution in [1.29, 1.82) is 0 Å². The zero-order valence-electron chi connectivity index (χ0n) is 9.89. The van der Waals surface area contributed by atoms with Gasteiger partial charge in [-0.15, -0.1) is 0 Å². The van der Waals surface area contributed by atoms with Crippen molar-refractivity contribution in [1.82, 2.24) is 4.90 Å². The molecule has 17 heavy (non-hydrogen) atoms. The SMILES string of the molecule is CC(=O)C1CCC(N2C(=O)CC(S)C2=O)CC1. The van der Waals surface area contributed by atoms with Crippen molar-refractivity contribution >= 4 is 30.2 Å². The number of Topliss-reactive ketones (excluding diaryl/α,β-unsaturated/α-hetero) is 1. The summed E-state index contributed by atoms with van der Waals surface area (Å²) < 4.78 is 0. The molecule has 0 aromatic carbocycles. The molecule has 2 amide bonds. The van der Waals surface area contributed by atoms with Crippen LogP contribution in [0.5, 0.6) is 0 Å². The number of thiol groups is 1. The molecule has 5 heteroatoms. The number of likely N-dealkylation sites (tertiary alicyclic amines) is 1. The monoisotopic (exact) mass is 255 g/mol. The highest BCUT2D eigenvalue weighted by Gasteiger charge is 2.41. The zero-order chi connectivity index (χ0) is 12.6. The summed E-state index contributed by atoms with van der Waals surface area (Å²) in [7, 11) is 0. The van der Waals surface area contributed by atoms with Gasteiger partial charge in [0.2, 0.25) is 11.8 Å². The lowest BCUT2D eigenvalue weighted by Gasteiger charge is -2.32. The van der Waals surface area contributed by atoms with Gasteiger partial charge in [-0.3, -0.25) is 19.3 Å². The molecule has 0 N–H and O–H groups in total. The first-order valence-corrected chi connectivity index (χ1v) is 6.56. The smallest absolute Gasteiger partial charge is 0.242 e. The second kappa shape index (κ2) is 4.80. The van der Waals surface area contributed by atoms with E-state index in [9.17, 15) is 14.4 Å². The van der Waals surface area contributed by atoms with E-state index < -0.39 is 5.25 Å². The molecular weight excluding hydrogens is 238 g/mol. The Hall–Kier alpha value is -0.840. The van der Waals surface area contributed by atoms with Crippen LogP contribution in [0, 0.1) is 5.92 Å². The summed E-state index contributed by atoms with van der Waals surface area (Å²) in [4.78, 5) is 36.1. The number of rotatable bonds is 2. The number of ketones is 1. The summed E-state index contributed by atoms with van der Waals surface area (Å²) in [5.74, 6) is 0.0614. The van der Waals surface area contributed by atoms with Crippen LogP contribution in [0.15, 0.2) is 0 Å². The minimum Gasteiger partial charge on any atom is -0.300 e. The maximum absolute atomic E-state index is 11.8. The number of amides is 2. The number of carbonyl (C=O) groups excluding carboxylic acids is 3. The van der Waals surface area contributed by atoms with E-state index in [0.29, 0.717) is 0 Å². The van der Waals surface area contributed by atoms with Crippen LogP contribution < -0.4 is 0 Å². The van der Waals surface area contributed by atoms with E-state index in [1.165, 1.54) is 4.90 Å². The third kappa shape index (κ3) is 2.39. The minimum atomic E-state index is -0.465. The quantitative estimate of drug-likeness (QED) is 0.595. The molecule has 1 aliphatic carbocycles. The third-order valence-electron chi connectivity index (χ3n) is 3.80. The highest BCUT2D eigenvalue weighted by atomic mass is 32.1. The van der Waals surface area contributed by atoms with Gasteiger partial charge in [-0.1, -0.05) is 0 Å². The number of nitrogens with zero attached hydrogens (tertiary/aromatic N) is 1. The number of imide groups is 1. The third-order valence-corrected chi connectivity index (χ3v) is 4.20. The molecule has 1 aliphatic heterocycles. The van der Waals surface area contributed by atoms with Crippen LogP contribution in [-0.4, -0.2) is 33.8 Å². The largest absolute Gasteiger partial charge is 0.300 e. The first-order valence-electron chi connectivity index (χ1n) is 6.05. The van der Waals surface area contributed by atoms with E-state index in [1.54, 1.807) is 6.92 Å². The van der Waals surface area contributed by atoms with E-state index in [0.717, 1.165) is 25.7 Å². The molecule has 2 fully saturated rings. The average Bonchev–Trinajstić information content (AvgIpc) is 2.53. The Morgan fingerprint density at radius 1 is 1.24 bits per heavy atom. The Balaban J connectivity index is 1.99. The maximum Gasteiger partial charge on any atom is 0.242 e. The second-order valence-electron chi connectivity index (χ2n) is 4.94. The van der Waals surface area contributed by atoms with Gasteiger partial charge in [0.15, 0.2) is 0 Å². The number of carbonyl (C=O) groups is 3. The lowest BCUT2D eigenvalue weighted by atomic mass is 9.83. The van der Waals surface area contributed by atoms with E-state index in [4.69, 9.17) is 0 Å². The van der Waals surface area contributed by atoms with Gasteiger partial charge in [0.25, 0.3) is 0 Å². The van der Waals surface area contributed by atoms with Crippen LogP contribution in [0.2, 0.25) is 0 Å². The zero-order valence-corrected chi connectivity index (χ0v) is 10.8. The first-order chi connectivity index (χ1) is 8.00. The first kappa shape index (κ1) is 12.6. The second-order valence-corrected chi connectivity index (χ2v) is 5.56. The van der Waals surface area contributed by atoms with Gasteiger partial charge >= 0.3 is 0 Å². The summed E-state index contributed by atoms with van der Waals surface area (Å²) in [5.41, 5.74) is 0. The van der Waals surface area contributed by atoms with Crippen molar-refractivity contribution in [3.8, 4) is 0 Å². The highest BCUT2D eigenvalue weighted by molar-refractivity contribution is 7.81. The van der Waals surface area contributed by atoms with Crippen molar-refractivity contribution < 1.29 is 14.4 Å². The van der Waals surface area contributed by atoms with Crippen LogP contribution >= 0.6 is 12.6 Å². The summed E-state index contributed by atoms with van der Waals surface area (Å²) in [5, 5.41) is -0.465. The molecule has 0 spiro atoms. The molecule has 2 rings (SSSR count). The van der Waals surface area contributed by atoms with Crippen molar-refractivity contribution in [2.45, 2.75) is 50.3 Å². The van der Waals surface area contributed by atoms with Gasteiger partial charge < -0.3 is 0 Å². The van der Waals surface area contributed by atoms with E-state index >= 15 is 0 Å². The Morgan fingerprint density at radius 2 is 1.82 bits per heavy atom. The van der Waals surface area contributed by atoms with Crippen LogP contribution in [0.1, 0.15) is 39.0 Å². The number of hydrogen-bond donors (Lipinski definition) is 1. The standard InChI is InChI=1S/C12H17NO3S/c1-7(14)8-2-4-9(5-3-8)13-11(15)6-10(17)12(13)16/h8-10,17H,2-6H2,1H3. The molecule has 0 aromatic heterocycles. The molecule has 2 aliphatic rings. The molecule has 1 atom stereocenters. The van der Waals surface area contributed by atoms with Crippen LogP contribution in [0.25, 0.3) is 0 Å². The molecule has 94 valence electrons. The van der Waals surface area contributed by atoms with Crippen molar-refractivity contribution in [3.63, 3.8) is 0 Å². The van der Waals surface area contributed by atoms with E-state index in [1.807, 2.05) is 0 Å². The fraction of sp³-hybridized carbons (Fsp3) is 0.750.